The van der Waals surface area contributed by atoms with E-state index < -0.39 is 0 Å². The van der Waals surface area contributed by atoms with Crippen molar-refractivity contribution in [1.29, 1.82) is 0 Å². The summed E-state index contributed by atoms with van der Waals surface area (Å²) in [4.78, 5) is 24.2. The monoisotopic (exact) mass is 219 g/mol. The summed E-state index contributed by atoms with van der Waals surface area (Å²) >= 11 is 0. The molecule has 0 bridgehead atoms. The molecule has 0 unspecified atom stereocenters. The molecule has 5 heteroatoms. The first-order valence-electron chi connectivity index (χ1n) is 5.05. The Morgan fingerprint density at radius 2 is 1.94 bits per heavy atom. The van der Waals surface area contributed by atoms with Gasteiger partial charge in [-0.05, 0) is 17.7 Å². The van der Waals surface area contributed by atoms with Gasteiger partial charge in [0.1, 0.15) is 0 Å². The van der Waals surface area contributed by atoms with E-state index in [2.05, 4.69) is 5.32 Å². The Balaban J connectivity index is 2.22. The summed E-state index contributed by atoms with van der Waals surface area (Å²) in [6.07, 6.45) is 0. The molecule has 1 aromatic rings. The zero-order chi connectivity index (χ0) is 11.5. The molecule has 0 spiro atoms. The van der Waals surface area contributed by atoms with E-state index in [-0.39, 0.29) is 24.9 Å². The third-order valence-electron chi connectivity index (χ3n) is 2.46. The van der Waals surface area contributed by atoms with Gasteiger partial charge < -0.3 is 10.6 Å². The topological polar surface area (TPSA) is 75.4 Å². The van der Waals surface area contributed by atoms with Crippen molar-refractivity contribution in [2.24, 2.45) is 5.73 Å². The molecule has 2 amide bonds. The van der Waals surface area contributed by atoms with Crippen molar-refractivity contribution in [2.75, 3.05) is 18.0 Å². The van der Waals surface area contributed by atoms with E-state index in [0.717, 1.165) is 11.3 Å². The van der Waals surface area contributed by atoms with Crippen LogP contribution < -0.4 is 16.0 Å². The predicted molar refractivity (Wildman–Crippen MR) is 59.7 cm³/mol. The first-order valence-corrected chi connectivity index (χ1v) is 5.05. The van der Waals surface area contributed by atoms with Crippen molar-refractivity contribution in [3.63, 3.8) is 0 Å². The Hall–Kier alpha value is -1.88. The molecule has 0 radical (unpaired) electrons. The Labute approximate surface area is 93.2 Å². The Bertz CT molecular complexity index is 415. The Morgan fingerprint density at radius 3 is 2.56 bits per heavy atom. The molecule has 84 valence electrons. The van der Waals surface area contributed by atoms with Gasteiger partial charge >= 0.3 is 0 Å². The van der Waals surface area contributed by atoms with Gasteiger partial charge in [-0.3, -0.25) is 14.9 Å². The maximum absolute atomic E-state index is 11.2. The third-order valence-corrected chi connectivity index (χ3v) is 2.46. The fourth-order valence-corrected chi connectivity index (χ4v) is 1.70. The molecule has 1 aliphatic rings. The van der Waals surface area contributed by atoms with Crippen LogP contribution in [-0.4, -0.2) is 24.9 Å². The molecule has 3 N–H and O–H groups in total. The molecule has 1 fully saturated rings. The third kappa shape index (κ3) is 2.20. The summed E-state index contributed by atoms with van der Waals surface area (Å²) in [5, 5.41) is 2.26. The lowest BCUT2D eigenvalue weighted by Gasteiger charge is -2.27. The lowest BCUT2D eigenvalue weighted by molar-refractivity contribution is -0.130. The molecule has 5 nitrogen and oxygen atoms in total. The molecule has 1 heterocycles. The van der Waals surface area contributed by atoms with E-state index in [9.17, 15) is 9.59 Å². The molecule has 1 saturated heterocycles. The second-order valence-electron chi connectivity index (χ2n) is 3.70. The molecule has 0 atom stereocenters. The fourth-order valence-electron chi connectivity index (χ4n) is 1.70. The highest BCUT2D eigenvalue weighted by molar-refractivity contribution is 6.02. The summed E-state index contributed by atoms with van der Waals surface area (Å²) in [5.41, 5.74) is 7.37. The largest absolute Gasteiger partial charge is 0.353 e. The minimum Gasteiger partial charge on any atom is -0.353 e. The minimum atomic E-state index is -0.269. The van der Waals surface area contributed by atoms with Crippen LogP contribution in [0.25, 0.3) is 0 Å². The first-order chi connectivity index (χ1) is 7.69. The summed E-state index contributed by atoms with van der Waals surface area (Å²) < 4.78 is 0. The molecule has 16 heavy (non-hydrogen) atoms. The van der Waals surface area contributed by atoms with Gasteiger partial charge in [0, 0.05) is 12.2 Å². The zero-order valence-electron chi connectivity index (χ0n) is 8.77. The lowest BCUT2D eigenvalue weighted by atomic mass is 10.1. The number of nitrogens with zero attached hydrogens (tertiary/aromatic N) is 1. The van der Waals surface area contributed by atoms with Gasteiger partial charge in [0.25, 0.3) is 0 Å². The first kappa shape index (κ1) is 10.6. The van der Waals surface area contributed by atoms with Gasteiger partial charge in [-0.2, -0.15) is 0 Å². The van der Waals surface area contributed by atoms with Crippen molar-refractivity contribution >= 4 is 17.5 Å². The summed E-state index contributed by atoms with van der Waals surface area (Å²) in [5.74, 6) is -0.538. The van der Waals surface area contributed by atoms with Crippen LogP contribution in [0, 0.1) is 0 Å². The molecule has 1 aromatic carbocycles. The highest BCUT2D eigenvalue weighted by Gasteiger charge is 2.22. The van der Waals surface area contributed by atoms with Gasteiger partial charge in [0.2, 0.25) is 11.8 Å². The van der Waals surface area contributed by atoms with Crippen molar-refractivity contribution in [2.45, 2.75) is 6.54 Å². The Kier molecular flexibility index (Phi) is 2.87. The lowest BCUT2D eigenvalue weighted by Crippen LogP contribution is -2.51. The zero-order valence-corrected chi connectivity index (χ0v) is 8.77. The second-order valence-corrected chi connectivity index (χ2v) is 3.70. The van der Waals surface area contributed by atoms with E-state index in [1.807, 2.05) is 24.3 Å². The number of anilines is 1. The van der Waals surface area contributed by atoms with Crippen LogP contribution in [0.3, 0.4) is 0 Å². The van der Waals surface area contributed by atoms with E-state index in [0.29, 0.717) is 6.54 Å². The number of piperazine rings is 1. The van der Waals surface area contributed by atoms with Crippen molar-refractivity contribution in [3.8, 4) is 0 Å². The second kappa shape index (κ2) is 4.32. The molecule has 2 rings (SSSR count). The molecule has 0 saturated carbocycles. The van der Waals surface area contributed by atoms with Crippen LogP contribution in [-0.2, 0) is 16.1 Å². The minimum absolute atomic E-state index is 0.208. The summed E-state index contributed by atoms with van der Waals surface area (Å²) in [6.45, 7) is 0.862. The number of rotatable bonds is 2. The van der Waals surface area contributed by atoms with Crippen LogP contribution in [0.1, 0.15) is 5.56 Å². The van der Waals surface area contributed by atoms with Gasteiger partial charge in [-0.1, -0.05) is 12.1 Å². The average Bonchev–Trinajstić information content (AvgIpc) is 2.28. The number of carbonyl (C=O) groups excluding carboxylic acids is 2. The SMILES string of the molecule is NCc1cccc(N2CC(=O)NC(=O)C2)c1. The van der Waals surface area contributed by atoms with Crippen LogP contribution in [0.15, 0.2) is 24.3 Å². The van der Waals surface area contributed by atoms with Crippen LogP contribution in [0.4, 0.5) is 5.69 Å². The van der Waals surface area contributed by atoms with Gasteiger partial charge in [-0.15, -0.1) is 0 Å². The summed E-state index contributed by atoms with van der Waals surface area (Å²) in [6, 6.07) is 7.54. The number of amides is 2. The standard InChI is InChI=1S/C11H13N3O2/c12-5-8-2-1-3-9(4-8)14-6-10(15)13-11(16)7-14/h1-4H,5-7,12H2,(H,13,15,16). The number of carbonyl (C=O) groups is 2. The summed E-state index contributed by atoms with van der Waals surface area (Å²) in [7, 11) is 0. The number of nitrogens with one attached hydrogen (secondary N) is 1. The molecular formula is C11H13N3O2. The highest BCUT2D eigenvalue weighted by Crippen LogP contribution is 2.16. The number of benzene rings is 1. The maximum atomic E-state index is 11.2. The molecule has 1 aliphatic heterocycles. The normalized spacial score (nSPS) is 16.2. The quantitative estimate of drug-likeness (QED) is 0.664. The van der Waals surface area contributed by atoms with E-state index in [1.54, 1.807) is 4.90 Å². The Morgan fingerprint density at radius 1 is 1.25 bits per heavy atom. The van der Waals surface area contributed by atoms with E-state index in [4.69, 9.17) is 5.73 Å². The average molecular weight is 219 g/mol. The van der Waals surface area contributed by atoms with Gasteiger partial charge in [0.15, 0.2) is 0 Å². The van der Waals surface area contributed by atoms with Crippen molar-refractivity contribution in [3.05, 3.63) is 29.8 Å². The van der Waals surface area contributed by atoms with Crippen molar-refractivity contribution < 1.29 is 9.59 Å². The number of nitrogens with two attached hydrogens (primary N) is 1. The van der Waals surface area contributed by atoms with Crippen LogP contribution >= 0.6 is 0 Å². The van der Waals surface area contributed by atoms with Gasteiger partial charge in [0.05, 0.1) is 13.1 Å². The molecule has 0 aromatic heterocycles. The number of hydrogen-bond acceptors (Lipinski definition) is 4. The maximum Gasteiger partial charge on any atom is 0.246 e. The molecule has 0 aliphatic carbocycles. The number of imide groups is 1. The van der Waals surface area contributed by atoms with Crippen molar-refractivity contribution in [1.82, 2.24) is 5.32 Å². The van der Waals surface area contributed by atoms with Gasteiger partial charge in [-0.25, -0.2) is 0 Å². The van der Waals surface area contributed by atoms with Crippen LogP contribution in [0.2, 0.25) is 0 Å². The molecular weight excluding hydrogens is 206 g/mol. The smallest absolute Gasteiger partial charge is 0.246 e. The number of hydrogen-bond donors (Lipinski definition) is 2. The van der Waals surface area contributed by atoms with E-state index in [1.165, 1.54) is 0 Å². The van der Waals surface area contributed by atoms with E-state index >= 15 is 0 Å². The predicted octanol–water partition coefficient (Wildman–Crippen LogP) is -0.392. The van der Waals surface area contributed by atoms with Crippen LogP contribution in [0.5, 0.6) is 0 Å². The highest BCUT2D eigenvalue weighted by atomic mass is 16.2. The fraction of sp³-hybridized carbons (Fsp3) is 0.273.